The molecule has 0 atom stereocenters. The number of benzene rings is 1. The zero-order chi connectivity index (χ0) is 11.7. The molecule has 1 heterocycles. The Hall–Kier alpha value is -1.83. The summed E-state index contributed by atoms with van der Waals surface area (Å²) in [5.41, 5.74) is 4.05. The van der Waals surface area contributed by atoms with Crippen molar-refractivity contribution in [2.45, 2.75) is 13.8 Å². The second kappa shape index (κ2) is 3.97. The summed E-state index contributed by atoms with van der Waals surface area (Å²) in [5, 5.41) is 0. The standard InChI is InChI=1S/C14H15NO/c1-10-13(11(2)16)9-14(15(10)3)12-7-5-4-6-8-12/h4-9H,1-3H3. The van der Waals surface area contributed by atoms with Gasteiger partial charge in [0.05, 0.1) is 0 Å². The molecule has 16 heavy (non-hydrogen) atoms. The van der Waals surface area contributed by atoms with Gasteiger partial charge in [-0.1, -0.05) is 30.3 Å². The van der Waals surface area contributed by atoms with E-state index in [4.69, 9.17) is 0 Å². The van der Waals surface area contributed by atoms with E-state index in [0.29, 0.717) is 0 Å². The number of hydrogen-bond donors (Lipinski definition) is 0. The van der Waals surface area contributed by atoms with E-state index in [2.05, 4.69) is 16.7 Å². The molecule has 0 saturated heterocycles. The average molecular weight is 213 g/mol. The van der Waals surface area contributed by atoms with Crippen molar-refractivity contribution < 1.29 is 4.79 Å². The van der Waals surface area contributed by atoms with Crippen molar-refractivity contribution >= 4 is 5.78 Å². The van der Waals surface area contributed by atoms with Gasteiger partial charge in [-0.2, -0.15) is 0 Å². The molecule has 1 aromatic carbocycles. The fourth-order valence-corrected chi connectivity index (χ4v) is 1.94. The molecule has 0 aliphatic rings. The summed E-state index contributed by atoms with van der Waals surface area (Å²) >= 11 is 0. The second-order valence-electron chi connectivity index (χ2n) is 4.01. The minimum atomic E-state index is 0.121. The van der Waals surface area contributed by atoms with Gasteiger partial charge >= 0.3 is 0 Å². The smallest absolute Gasteiger partial charge is 0.161 e. The maximum absolute atomic E-state index is 11.4. The van der Waals surface area contributed by atoms with Crippen LogP contribution in [0.2, 0.25) is 0 Å². The van der Waals surface area contributed by atoms with Gasteiger partial charge in [0.1, 0.15) is 0 Å². The molecule has 0 saturated carbocycles. The summed E-state index contributed by atoms with van der Waals surface area (Å²) in [5.74, 6) is 0.121. The van der Waals surface area contributed by atoms with Crippen molar-refractivity contribution in [1.29, 1.82) is 0 Å². The van der Waals surface area contributed by atoms with Gasteiger partial charge in [-0.15, -0.1) is 0 Å². The van der Waals surface area contributed by atoms with Gasteiger partial charge in [-0.05, 0) is 25.5 Å². The highest BCUT2D eigenvalue weighted by molar-refractivity contribution is 5.96. The van der Waals surface area contributed by atoms with Crippen LogP contribution in [0.4, 0.5) is 0 Å². The topological polar surface area (TPSA) is 22.0 Å². The van der Waals surface area contributed by atoms with Crippen LogP contribution in [-0.4, -0.2) is 10.4 Å². The molecule has 2 heteroatoms. The Morgan fingerprint density at radius 1 is 1.19 bits per heavy atom. The van der Waals surface area contributed by atoms with Gasteiger partial charge in [0.25, 0.3) is 0 Å². The first-order valence-corrected chi connectivity index (χ1v) is 5.34. The Labute approximate surface area is 95.5 Å². The summed E-state index contributed by atoms with van der Waals surface area (Å²) in [4.78, 5) is 11.4. The molecule has 0 spiro atoms. The summed E-state index contributed by atoms with van der Waals surface area (Å²) in [6.45, 7) is 3.58. The Morgan fingerprint density at radius 3 is 2.31 bits per heavy atom. The van der Waals surface area contributed by atoms with Gasteiger partial charge in [0.2, 0.25) is 0 Å². The van der Waals surface area contributed by atoms with Gasteiger partial charge in [0.15, 0.2) is 5.78 Å². The number of carbonyl (C=O) groups is 1. The van der Waals surface area contributed by atoms with Crippen LogP contribution in [0.3, 0.4) is 0 Å². The molecular weight excluding hydrogens is 198 g/mol. The molecule has 0 bridgehead atoms. The number of hydrogen-bond acceptors (Lipinski definition) is 1. The quantitative estimate of drug-likeness (QED) is 0.702. The van der Waals surface area contributed by atoms with E-state index in [0.717, 1.165) is 22.5 Å². The lowest BCUT2D eigenvalue weighted by Crippen LogP contribution is -1.97. The molecule has 0 amide bonds. The van der Waals surface area contributed by atoms with Gasteiger partial charge in [0, 0.05) is 24.0 Å². The monoisotopic (exact) mass is 213 g/mol. The van der Waals surface area contributed by atoms with Gasteiger partial charge in [-0.3, -0.25) is 4.79 Å². The normalized spacial score (nSPS) is 10.4. The number of nitrogens with zero attached hydrogens (tertiary/aromatic N) is 1. The molecule has 2 rings (SSSR count). The zero-order valence-corrected chi connectivity index (χ0v) is 9.82. The predicted octanol–water partition coefficient (Wildman–Crippen LogP) is 3.20. The van der Waals surface area contributed by atoms with E-state index >= 15 is 0 Å². The molecule has 0 radical (unpaired) electrons. The molecule has 0 aliphatic heterocycles. The number of Topliss-reactive ketones (excluding diaryl/α,β-unsaturated/α-hetero) is 1. The van der Waals surface area contributed by atoms with Crippen LogP contribution < -0.4 is 0 Å². The average Bonchev–Trinajstić information content (AvgIpc) is 2.58. The minimum absolute atomic E-state index is 0.121. The molecule has 0 N–H and O–H groups in total. The summed E-state index contributed by atoms with van der Waals surface area (Å²) in [6.07, 6.45) is 0. The van der Waals surface area contributed by atoms with Crippen molar-refractivity contribution in [3.8, 4) is 11.3 Å². The summed E-state index contributed by atoms with van der Waals surface area (Å²) in [6, 6.07) is 12.1. The van der Waals surface area contributed by atoms with Crippen LogP contribution in [0.5, 0.6) is 0 Å². The van der Waals surface area contributed by atoms with Crippen molar-refractivity contribution in [2.24, 2.45) is 7.05 Å². The van der Waals surface area contributed by atoms with E-state index in [1.807, 2.05) is 38.2 Å². The van der Waals surface area contributed by atoms with Crippen molar-refractivity contribution in [3.05, 3.63) is 47.7 Å². The van der Waals surface area contributed by atoms with Crippen LogP contribution >= 0.6 is 0 Å². The second-order valence-corrected chi connectivity index (χ2v) is 4.01. The number of aromatic nitrogens is 1. The van der Waals surface area contributed by atoms with E-state index in [1.54, 1.807) is 6.92 Å². The molecule has 2 aromatic rings. The summed E-state index contributed by atoms with van der Waals surface area (Å²) < 4.78 is 2.06. The van der Waals surface area contributed by atoms with Crippen molar-refractivity contribution in [1.82, 2.24) is 4.57 Å². The first-order chi connectivity index (χ1) is 7.61. The van der Waals surface area contributed by atoms with E-state index in [1.165, 1.54) is 0 Å². The Morgan fingerprint density at radius 2 is 1.81 bits per heavy atom. The van der Waals surface area contributed by atoms with Crippen molar-refractivity contribution in [2.75, 3.05) is 0 Å². The fourth-order valence-electron chi connectivity index (χ4n) is 1.94. The van der Waals surface area contributed by atoms with Crippen LogP contribution in [-0.2, 0) is 7.05 Å². The predicted molar refractivity (Wildman–Crippen MR) is 65.6 cm³/mol. The number of ketones is 1. The van der Waals surface area contributed by atoms with Crippen molar-refractivity contribution in [3.63, 3.8) is 0 Å². The van der Waals surface area contributed by atoms with E-state index in [9.17, 15) is 4.79 Å². The molecule has 1 aromatic heterocycles. The van der Waals surface area contributed by atoms with Crippen LogP contribution in [0.15, 0.2) is 36.4 Å². The molecular formula is C14H15NO. The highest BCUT2D eigenvalue weighted by Gasteiger charge is 2.12. The third-order valence-electron chi connectivity index (χ3n) is 2.98. The lowest BCUT2D eigenvalue weighted by atomic mass is 10.1. The minimum Gasteiger partial charge on any atom is -0.347 e. The first kappa shape index (κ1) is 10.7. The molecule has 2 nitrogen and oxygen atoms in total. The molecule has 0 unspecified atom stereocenters. The third kappa shape index (κ3) is 1.67. The molecule has 0 aliphatic carbocycles. The number of carbonyl (C=O) groups excluding carboxylic acids is 1. The lowest BCUT2D eigenvalue weighted by Gasteiger charge is -2.04. The third-order valence-corrected chi connectivity index (χ3v) is 2.98. The van der Waals surface area contributed by atoms with E-state index in [-0.39, 0.29) is 5.78 Å². The lowest BCUT2D eigenvalue weighted by molar-refractivity contribution is 0.101. The fraction of sp³-hybridized carbons (Fsp3) is 0.214. The van der Waals surface area contributed by atoms with Crippen LogP contribution in [0.25, 0.3) is 11.3 Å². The maximum Gasteiger partial charge on any atom is 0.161 e. The maximum atomic E-state index is 11.4. The summed E-state index contributed by atoms with van der Waals surface area (Å²) in [7, 11) is 1.99. The highest BCUT2D eigenvalue weighted by Crippen LogP contribution is 2.24. The van der Waals surface area contributed by atoms with E-state index < -0.39 is 0 Å². The Kier molecular flexibility index (Phi) is 2.65. The largest absolute Gasteiger partial charge is 0.347 e. The Bertz CT molecular complexity index is 523. The highest BCUT2D eigenvalue weighted by atomic mass is 16.1. The van der Waals surface area contributed by atoms with Gasteiger partial charge in [-0.25, -0.2) is 0 Å². The molecule has 0 fully saturated rings. The zero-order valence-electron chi connectivity index (χ0n) is 9.82. The van der Waals surface area contributed by atoms with Gasteiger partial charge < -0.3 is 4.57 Å². The first-order valence-electron chi connectivity index (χ1n) is 5.34. The number of rotatable bonds is 2. The van der Waals surface area contributed by atoms with Crippen LogP contribution in [0, 0.1) is 6.92 Å². The van der Waals surface area contributed by atoms with Crippen LogP contribution in [0.1, 0.15) is 23.0 Å². The molecule has 82 valence electrons. The Balaban J connectivity index is 2.60. The SMILES string of the molecule is CC(=O)c1cc(-c2ccccc2)n(C)c1C.